The summed E-state index contributed by atoms with van der Waals surface area (Å²) in [5.74, 6) is -0.975. The van der Waals surface area contributed by atoms with Crippen molar-refractivity contribution in [1.82, 2.24) is 14.9 Å². The number of aliphatic carboxylic acids is 1. The number of halogens is 1. The van der Waals surface area contributed by atoms with Crippen molar-refractivity contribution in [1.29, 1.82) is 0 Å². The normalized spacial score (nSPS) is 11.4. The van der Waals surface area contributed by atoms with Crippen LogP contribution in [0.4, 0.5) is 5.69 Å². The van der Waals surface area contributed by atoms with E-state index in [-0.39, 0.29) is 22.7 Å². The van der Waals surface area contributed by atoms with Gasteiger partial charge in [-0.3, -0.25) is 9.59 Å². The summed E-state index contributed by atoms with van der Waals surface area (Å²) in [6, 6.07) is 34.5. The van der Waals surface area contributed by atoms with Crippen LogP contribution in [0.2, 0.25) is 5.02 Å². The second-order valence-electron chi connectivity index (χ2n) is 10.7. The highest BCUT2D eigenvalue weighted by Gasteiger charge is 2.24. The highest BCUT2D eigenvalue weighted by atomic mass is 35.5. The first kappa shape index (κ1) is 32.1. The molecule has 1 aromatic heterocycles. The van der Waals surface area contributed by atoms with Crippen LogP contribution in [0.15, 0.2) is 127 Å². The van der Waals surface area contributed by atoms with E-state index in [0.717, 1.165) is 16.7 Å². The topological polar surface area (TPSA) is 131 Å². The molecule has 0 spiro atoms. The largest absolute Gasteiger partial charge is 0.480 e. The minimum Gasteiger partial charge on any atom is -0.480 e. The van der Waals surface area contributed by atoms with Crippen molar-refractivity contribution < 1.29 is 24.2 Å². The molecule has 0 aliphatic rings. The fourth-order valence-electron chi connectivity index (χ4n) is 4.99. The summed E-state index contributed by atoms with van der Waals surface area (Å²) in [6.45, 7) is 0. The number of ether oxygens (including phenoxy) is 1. The van der Waals surface area contributed by atoms with Gasteiger partial charge in [0.05, 0.1) is 11.3 Å². The number of hydrogen-bond donors (Lipinski definition) is 3. The summed E-state index contributed by atoms with van der Waals surface area (Å²) in [4.78, 5) is 38.8. The van der Waals surface area contributed by atoms with Crippen LogP contribution in [0.5, 0.6) is 11.5 Å². The van der Waals surface area contributed by atoms with Crippen LogP contribution in [0, 0.1) is 0 Å². The van der Waals surface area contributed by atoms with E-state index in [0.29, 0.717) is 28.3 Å². The van der Waals surface area contributed by atoms with Crippen molar-refractivity contribution in [2.24, 2.45) is 0 Å². The second kappa shape index (κ2) is 14.7. The number of rotatable bonds is 11. The second-order valence-corrected chi connectivity index (χ2v) is 11.7. The quantitative estimate of drug-likeness (QED) is 0.127. The maximum Gasteiger partial charge on any atom is 0.326 e. The Balaban J connectivity index is 1.15. The van der Waals surface area contributed by atoms with Gasteiger partial charge < -0.3 is 20.5 Å². The van der Waals surface area contributed by atoms with E-state index < -0.39 is 23.8 Å². The van der Waals surface area contributed by atoms with Gasteiger partial charge in [-0.1, -0.05) is 88.9 Å². The van der Waals surface area contributed by atoms with Gasteiger partial charge in [-0.05, 0) is 71.2 Å². The van der Waals surface area contributed by atoms with Gasteiger partial charge in [-0.25, -0.2) is 4.79 Å². The van der Waals surface area contributed by atoms with E-state index in [1.54, 1.807) is 29.6 Å². The van der Waals surface area contributed by atoms with E-state index in [9.17, 15) is 19.5 Å². The Morgan fingerprint density at radius 3 is 2.23 bits per heavy atom. The average Bonchev–Trinajstić information content (AvgIpc) is 3.65. The van der Waals surface area contributed by atoms with E-state index >= 15 is 0 Å². The maximum absolute atomic E-state index is 13.4. The van der Waals surface area contributed by atoms with E-state index in [4.69, 9.17) is 16.3 Å². The van der Waals surface area contributed by atoms with Gasteiger partial charge in [0.15, 0.2) is 0 Å². The molecule has 0 aliphatic heterocycles. The van der Waals surface area contributed by atoms with Crippen molar-refractivity contribution in [3.63, 3.8) is 0 Å². The summed E-state index contributed by atoms with van der Waals surface area (Å²) in [7, 11) is 0. The Morgan fingerprint density at radius 1 is 0.812 bits per heavy atom. The number of carboxylic acids is 1. The highest BCUT2D eigenvalue weighted by Crippen LogP contribution is 2.33. The Morgan fingerprint density at radius 2 is 1.52 bits per heavy atom. The van der Waals surface area contributed by atoms with Gasteiger partial charge in [-0.2, -0.15) is 0 Å². The van der Waals surface area contributed by atoms with Crippen molar-refractivity contribution in [3.05, 3.63) is 148 Å². The first-order valence-electron chi connectivity index (χ1n) is 14.8. The number of benzene rings is 5. The van der Waals surface area contributed by atoms with Crippen molar-refractivity contribution >= 4 is 46.6 Å². The minimum atomic E-state index is -1.26. The number of amides is 2. The third kappa shape index (κ3) is 7.75. The molecule has 0 fully saturated rings. The summed E-state index contributed by atoms with van der Waals surface area (Å²) in [6.07, 6.45) is 0.0205. The predicted molar refractivity (Wildman–Crippen MR) is 186 cm³/mol. The van der Waals surface area contributed by atoms with Gasteiger partial charge in [0.25, 0.3) is 11.8 Å². The number of aromatic nitrogens is 2. The molecule has 48 heavy (non-hydrogen) atoms. The van der Waals surface area contributed by atoms with Crippen LogP contribution in [0.3, 0.4) is 0 Å². The van der Waals surface area contributed by atoms with Crippen LogP contribution in [0.25, 0.3) is 22.4 Å². The number of carboxylic acid groups (broad SMARTS) is 1. The molecule has 11 heteroatoms. The zero-order chi connectivity index (χ0) is 33.5. The van der Waals surface area contributed by atoms with Crippen LogP contribution >= 0.6 is 23.1 Å². The van der Waals surface area contributed by atoms with Gasteiger partial charge >= 0.3 is 5.97 Å². The van der Waals surface area contributed by atoms with E-state index in [1.807, 2.05) is 78.9 Å². The summed E-state index contributed by atoms with van der Waals surface area (Å²) < 4.78 is 9.95. The summed E-state index contributed by atoms with van der Waals surface area (Å²) in [5.41, 5.74) is 4.52. The summed E-state index contributed by atoms with van der Waals surface area (Å²) >= 11 is 7.43. The number of hydrogen-bond acceptors (Lipinski definition) is 7. The van der Waals surface area contributed by atoms with E-state index in [2.05, 4.69) is 20.2 Å². The van der Waals surface area contributed by atoms with Crippen molar-refractivity contribution in [3.8, 4) is 33.9 Å². The zero-order valence-electron chi connectivity index (χ0n) is 25.2. The molecule has 5 aromatic carbocycles. The van der Waals surface area contributed by atoms with Crippen LogP contribution in [-0.2, 0) is 11.2 Å². The molecule has 0 bridgehead atoms. The van der Waals surface area contributed by atoms with Crippen LogP contribution in [-0.4, -0.2) is 38.5 Å². The zero-order valence-corrected chi connectivity index (χ0v) is 26.7. The number of anilines is 1. The summed E-state index contributed by atoms with van der Waals surface area (Å²) in [5, 5.41) is 21.4. The Labute approximate surface area is 285 Å². The highest BCUT2D eigenvalue weighted by molar-refractivity contribution is 7.03. The van der Waals surface area contributed by atoms with Gasteiger partial charge in [0, 0.05) is 33.5 Å². The molecule has 6 rings (SSSR count). The predicted octanol–water partition coefficient (Wildman–Crippen LogP) is 8.00. The SMILES string of the molecule is O=C(Nc1ccc(Cl)cc1C(=O)NC(Cc1ccc(-c2ccccc2Oc2ccccc2)cc1)C(=O)O)c1ccc(-c2csnn2)cc1. The molecule has 1 atom stereocenters. The fourth-order valence-corrected chi connectivity index (χ4v) is 5.63. The average molecular weight is 675 g/mol. The molecule has 1 unspecified atom stereocenters. The lowest BCUT2D eigenvalue weighted by Crippen LogP contribution is -2.42. The molecule has 1 heterocycles. The van der Waals surface area contributed by atoms with Gasteiger partial charge in [-0.15, -0.1) is 5.10 Å². The molecular formula is C37H27ClN4O5S. The maximum atomic E-state index is 13.4. The molecule has 2 amide bonds. The molecule has 6 aromatic rings. The van der Waals surface area contributed by atoms with Crippen molar-refractivity contribution in [2.75, 3.05) is 5.32 Å². The third-order valence-electron chi connectivity index (χ3n) is 7.44. The lowest BCUT2D eigenvalue weighted by atomic mass is 9.99. The number of para-hydroxylation sites is 2. The third-order valence-corrected chi connectivity index (χ3v) is 8.18. The molecule has 9 nitrogen and oxygen atoms in total. The Hall–Kier alpha value is -5.84. The lowest BCUT2D eigenvalue weighted by molar-refractivity contribution is -0.139. The molecular weight excluding hydrogens is 648 g/mol. The number of carbonyl (C=O) groups is 3. The molecule has 0 saturated carbocycles. The Bertz CT molecular complexity index is 2060. The number of nitrogens with one attached hydrogen (secondary N) is 2. The van der Waals surface area contributed by atoms with Crippen LogP contribution in [0.1, 0.15) is 26.3 Å². The molecule has 0 saturated heterocycles. The minimum absolute atomic E-state index is 0.0205. The number of carbonyl (C=O) groups excluding carboxylic acids is 2. The first-order chi connectivity index (χ1) is 23.3. The first-order valence-corrected chi connectivity index (χ1v) is 16.0. The smallest absolute Gasteiger partial charge is 0.326 e. The standard InChI is InChI=1S/C37H27ClN4O5S/c38-27-18-19-31(39-35(43)26-16-14-25(15-17-26)33-22-48-42-41-33)30(21-27)36(44)40-32(37(45)46)20-23-10-12-24(13-11-23)29-8-4-5-9-34(29)47-28-6-2-1-3-7-28/h1-19,21-22,32H,20H2,(H,39,43)(H,40,44)(H,45,46). The number of nitrogens with zero attached hydrogens (tertiary/aromatic N) is 2. The fraction of sp³-hybridized carbons (Fsp3) is 0.0541. The molecule has 0 aliphatic carbocycles. The molecule has 0 radical (unpaired) electrons. The molecule has 3 N–H and O–H groups in total. The van der Waals surface area contributed by atoms with E-state index in [1.165, 1.54) is 29.7 Å². The monoisotopic (exact) mass is 674 g/mol. The van der Waals surface area contributed by atoms with Gasteiger partial charge in [0.2, 0.25) is 0 Å². The van der Waals surface area contributed by atoms with Crippen LogP contribution < -0.4 is 15.4 Å². The van der Waals surface area contributed by atoms with Gasteiger partial charge in [0.1, 0.15) is 23.2 Å². The lowest BCUT2D eigenvalue weighted by Gasteiger charge is -2.17. The molecule has 238 valence electrons. The van der Waals surface area contributed by atoms with Crippen molar-refractivity contribution in [2.45, 2.75) is 12.5 Å². The Kier molecular flexibility index (Phi) is 9.85.